The Morgan fingerprint density at radius 1 is 1.20 bits per heavy atom. The summed E-state index contributed by atoms with van der Waals surface area (Å²) >= 11 is 0. The molecular formula is C24H27N3O3. The predicted molar refractivity (Wildman–Crippen MR) is 116 cm³/mol. The topological polar surface area (TPSA) is 74.6 Å². The lowest BCUT2D eigenvalue weighted by Crippen LogP contribution is -2.42. The first-order chi connectivity index (χ1) is 14.6. The molecule has 1 aliphatic rings. The quantitative estimate of drug-likeness (QED) is 0.683. The van der Waals surface area contributed by atoms with Crippen LogP contribution >= 0.6 is 0 Å². The molecule has 1 atom stereocenters. The molecule has 1 unspecified atom stereocenters. The Hall–Kier alpha value is -3.14. The third kappa shape index (κ3) is 6.73. The number of morpholine rings is 1. The van der Waals surface area contributed by atoms with Crippen molar-refractivity contribution < 1.29 is 14.3 Å². The number of hydrogen-bond acceptors (Lipinski definition) is 5. The van der Waals surface area contributed by atoms with Crippen molar-refractivity contribution in [3.63, 3.8) is 0 Å². The van der Waals surface area contributed by atoms with Crippen molar-refractivity contribution in [1.29, 1.82) is 5.26 Å². The van der Waals surface area contributed by atoms with E-state index in [4.69, 9.17) is 14.7 Å². The van der Waals surface area contributed by atoms with E-state index in [9.17, 15) is 4.79 Å². The van der Waals surface area contributed by atoms with Crippen LogP contribution in [0.15, 0.2) is 54.6 Å². The van der Waals surface area contributed by atoms with Crippen LogP contribution in [0.1, 0.15) is 22.7 Å². The van der Waals surface area contributed by atoms with Gasteiger partial charge in [-0.15, -0.1) is 0 Å². The zero-order valence-electron chi connectivity index (χ0n) is 17.2. The molecule has 1 N–H and O–H groups in total. The second-order valence-electron chi connectivity index (χ2n) is 7.23. The molecule has 0 saturated carbocycles. The monoisotopic (exact) mass is 405 g/mol. The van der Waals surface area contributed by atoms with E-state index in [1.54, 1.807) is 24.3 Å². The summed E-state index contributed by atoms with van der Waals surface area (Å²) in [5.74, 6) is 0.488. The SMILES string of the molecule is Cc1ccc(C(CN2CCOCC2)NC(=O)/C=C/c2ccc(OCC#N)cc2)cc1. The van der Waals surface area contributed by atoms with E-state index < -0.39 is 0 Å². The van der Waals surface area contributed by atoms with Crippen molar-refractivity contribution in [3.05, 3.63) is 71.3 Å². The van der Waals surface area contributed by atoms with Crippen molar-refractivity contribution in [2.45, 2.75) is 13.0 Å². The molecule has 1 fully saturated rings. The van der Waals surface area contributed by atoms with E-state index >= 15 is 0 Å². The number of benzene rings is 2. The van der Waals surface area contributed by atoms with Crippen molar-refractivity contribution >= 4 is 12.0 Å². The zero-order chi connectivity index (χ0) is 21.2. The van der Waals surface area contributed by atoms with Gasteiger partial charge in [0.15, 0.2) is 6.61 Å². The number of ether oxygens (including phenoxy) is 2. The fourth-order valence-corrected chi connectivity index (χ4v) is 3.26. The van der Waals surface area contributed by atoms with Crippen LogP contribution in [0.5, 0.6) is 5.75 Å². The normalized spacial score (nSPS) is 15.5. The van der Waals surface area contributed by atoms with Crippen LogP contribution in [0, 0.1) is 18.3 Å². The van der Waals surface area contributed by atoms with Gasteiger partial charge in [-0.3, -0.25) is 9.69 Å². The molecule has 0 aromatic heterocycles. The maximum atomic E-state index is 12.6. The van der Waals surface area contributed by atoms with Gasteiger partial charge >= 0.3 is 0 Å². The van der Waals surface area contributed by atoms with Gasteiger partial charge in [0.05, 0.1) is 19.3 Å². The minimum atomic E-state index is -0.140. The zero-order valence-corrected chi connectivity index (χ0v) is 17.2. The van der Waals surface area contributed by atoms with Crippen LogP contribution in [0.3, 0.4) is 0 Å². The van der Waals surface area contributed by atoms with Crippen LogP contribution in [-0.4, -0.2) is 50.3 Å². The first-order valence-electron chi connectivity index (χ1n) is 10.1. The molecule has 0 bridgehead atoms. The van der Waals surface area contributed by atoms with Crippen molar-refractivity contribution in [1.82, 2.24) is 10.2 Å². The standard InChI is InChI=1S/C24H27N3O3/c1-19-2-7-21(8-3-19)23(18-27-13-16-29-17-14-27)26-24(28)11-6-20-4-9-22(10-5-20)30-15-12-25/h2-11,23H,13-18H2,1H3,(H,26,28)/b11-6+. The molecule has 6 heteroatoms. The highest BCUT2D eigenvalue weighted by Gasteiger charge is 2.19. The molecule has 0 spiro atoms. The lowest BCUT2D eigenvalue weighted by molar-refractivity contribution is -0.117. The number of aryl methyl sites for hydroxylation is 1. The fraction of sp³-hybridized carbons (Fsp3) is 0.333. The van der Waals surface area contributed by atoms with Crippen molar-refractivity contribution in [2.24, 2.45) is 0 Å². The highest BCUT2D eigenvalue weighted by molar-refractivity contribution is 5.92. The Morgan fingerprint density at radius 3 is 2.57 bits per heavy atom. The van der Waals surface area contributed by atoms with E-state index in [1.807, 2.05) is 18.2 Å². The van der Waals surface area contributed by atoms with Crippen LogP contribution in [0.2, 0.25) is 0 Å². The Labute approximate surface area is 177 Å². The van der Waals surface area contributed by atoms with Gasteiger partial charge < -0.3 is 14.8 Å². The summed E-state index contributed by atoms with van der Waals surface area (Å²) in [7, 11) is 0. The minimum Gasteiger partial charge on any atom is -0.479 e. The Balaban J connectivity index is 1.63. The van der Waals surface area contributed by atoms with Gasteiger partial charge in [0.2, 0.25) is 5.91 Å². The molecule has 2 aromatic carbocycles. The van der Waals surface area contributed by atoms with E-state index in [0.717, 1.165) is 44.0 Å². The molecule has 0 radical (unpaired) electrons. The summed E-state index contributed by atoms with van der Waals surface area (Å²) in [6, 6.07) is 17.4. The van der Waals surface area contributed by atoms with Crippen molar-refractivity contribution in [3.8, 4) is 11.8 Å². The Morgan fingerprint density at radius 2 is 1.90 bits per heavy atom. The highest BCUT2D eigenvalue weighted by Crippen LogP contribution is 2.17. The van der Waals surface area contributed by atoms with Gasteiger partial charge in [0, 0.05) is 25.7 Å². The molecule has 3 rings (SSSR count). The average Bonchev–Trinajstić information content (AvgIpc) is 2.78. The molecule has 1 heterocycles. The van der Waals surface area contributed by atoms with Gasteiger partial charge in [-0.2, -0.15) is 5.26 Å². The lowest BCUT2D eigenvalue weighted by Gasteiger charge is -2.31. The Bertz CT molecular complexity index is 879. The third-order valence-electron chi connectivity index (χ3n) is 4.95. The number of carbonyl (C=O) groups excluding carboxylic acids is 1. The van der Waals surface area contributed by atoms with E-state index in [1.165, 1.54) is 5.56 Å². The molecule has 1 saturated heterocycles. The number of carbonyl (C=O) groups is 1. The number of amides is 1. The second-order valence-corrected chi connectivity index (χ2v) is 7.23. The molecular weight excluding hydrogens is 378 g/mol. The van der Waals surface area contributed by atoms with E-state index in [2.05, 4.69) is 41.4 Å². The van der Waals surface area contributed by atoms with Gasteiger partial charge in [-0.05, 0) is 36.3 Å². The molecule has 2 aromatic rings. The first-order valence-corrected chi connectivity index (χ1v) is 10.1. The van der Waals surface area contributed by atoms with Crippen LogP contribution < -0.4 is 10.1 Å². The highest BCUT2D eigenvalue weighted by atomic mass is 16.5. The van der Waals surface area contributed by atoms with Crippen molar-refractivity contribution in [2.75, 3.05) is 39.5 Å². The van der Waals surface area contributed by atoms with E-state index in [-0.39, 0.29) is 18.6 Å². The molecule has 1 amide bonds. The Kier molecular flexibility index (Phi) is 8.02. The van der Waals surface area contributed by atoms with Gasteiger partial charge in [0.1, 0.15) is 11.8 Å². The summed E-state index contributed by atoms with van der Waals surface area (Å²) in [4.78, 5) is 14.9. The third-order valence-corrected chi connectivity index (χ3v) is 4.95. The number of nitriles is 1. The van der Waals surface area contributed by atoms with Gasteiger partial charge in [-0.1, -0.05) is 42.0 Å². The van der Waals surface area contributed by atoms with E-state index in [0.29, 0.717) is 5.75 Å². The largest absolute Gasteiger partial charge is 0.479 e. The predicted octanol–water partition coefficient (Wildman–Crippen LogP) is 3.10. The molecule has 0 aliphatic carbocycles. The van der Waals surface area contributed by atoms with Crippen LogP contribution in [0.25, 0.3) is 6.08 Å². The molecule has 1 aliphatic heterocycles. The number of hydrogen-bond donors (Lipinski definition) is 1. The maximum Gasteiger partial charge on any atom is 0.244 e. The number of nitrogens with zero attached hydrogens (tertiary/aromatic N) is 2. The van der Waals surface area contributed by atoms with Gasteiger partial charge in [-0.25, -0.2) is 0 Å². The second kappa shape index (κ2) is 11.1. The summed E-state index contributed by atoms with van der Waals surface area (Å²) in [6.07, 6.45) is 3.32. The minimum absolute atomic E-state index is 0.0150. The lowest BCUT2D eigenvalue weighted by atomic mass is 10.0. The average molecular weight is 405 g/mol. The summed E-state index contributed by atoms with van der Waals surface area (Å²) in [5, 5.41) is 11.7. The molecule has 6 nitrogen and oxygen atoms in total. The van der Waals surface area contributed by atoms with Crippen LogP contribution in [0.4, 0.5) is 0 Å². The molecule has 156 valence electrons. The summed E-state index contributed by atoms with van der Waals surface area (Å²) < 4.78 is 10.7. The van der Waals surface area contributed by atoms with Crippen LogP contribution in [-0.2, 0) is 9.53 Å². The summed E-state index contributed by atoms with van der Waals surface area (Å²) in [6.45, 7) is 6.00. The number of rotatable bonds is 8. The summed E-state index contributed by atoms with van der Waals surface area (Å²) in [5.41, 5.74) is 3.17. The molecule has 30 heavy (non-hydrogen) atoms. The fourth-order valence-electron chi connectivity index (χ4n) is 3.26. The maximum absolute atomic E-state index is 12.6. The number of nitrogens with one attached hydrogen (secondary N) is 1. The first kappa shape index (κ1) is 21.6. The van der Waals surface area contributed by atoms with Gasteiger partial charge in [0.25, 0.3) is 0 Å². The smallest absolute Gasteiger partial charge is 0.244 e.